The largest absolute Gasteiger partial charge is 0.353 e. The smallest absolute Gasteiger partial charge is 0.254 e. The van der Waals surface area contributed by atoms with Gasteiger partial charge in [0.1, 0.15) is 0 Å². The number of carbonyl (C=O) groups is 3. The van der Waals surface area contributed by atoms with Gasteiger partial charge in [-0.25, -0.2) is 0 Å². The van der Waals surface area contributed by atoms with Crippen LogP contribution < -0.4 is 10.2 Å². The molecular weight excluding hydrogens is 270 g/mol. The van der Waals surface area contributed by atoms with Crippen LogP contribution in [0.25, 0.3) is 0 Å². The molecule has 0 spiro atoms. The Hall–Kier alpha value is -2.37. The molecule has 21 heavy (non-hydrogen) atoms. The molecule has 2 aliphatic rings. The van der Waals surface area contributed by atoms with Gasteiger partial charge in [-0.2, -0.15) is 0 Å². The minimum absolute atomic E-state index is 0.0890. The molecule has 2 saturated heterocycles. The van der Waals surface area contributed by atoms with Gasteiger partial charge in [-0.05, 0) is 24.6 Å². The van der Waals surface area contributed by atoms with Gasteiger partial charge in [0.2, 0.25) is 11.8 Å². The van der Waals surface area contributed by atoms with E-state index in [1.807, 2.05) is 6.07 Å². The number of benzene rings is 1. The van der Waals surface area contributed by atoms with Crippen LogP contribution in [0.2, 0.25) is 0 Å². The Morgan fingerprint density at radius 3 is 2.76 bits per heavy atom. The quantitative estimate of drug-likeness (QED) is 0.855. The van der Waals surface area contributed by atoms with E-state index < -0.39 is 0 Å². The number of amides is 3. The molecule has 3 rings (SSSR count). The van der Waals surface area contributed by atoms with Crippen molar-refractivity contribution in [1.82, 2.24) is 10.2 Å². The molecule has 0 aliphatic carbocycles. The van der Waals surface area contributed by atoms with Crippen molar-refractivity contribution in [3.8, 4) is 0 Å². The number of hydrogen-bond donors (Lipinski definition) is 1. The molecule has 1 N–H and O–H groups in total. The van der Waals surface area contributed by atoms with Crippen LogP contribution >= 0.6 is 0 Å². The van der Waals surface area contributed by atoms with E-state index in [-0.39, 0.29) is 24.3 Å². The molecule has 2 aliphatic heterocycles. The van der Waals surface area contributed by atoms with Gasteiger partial charge in [0.15, 0.2) is 0 Å². The Morgan fingerprint density at radius 1 is 1.19 bits per heavy atom. The van der Waals surface area contributed by atoms with Gasteiger partial charge in [-0.3, -0.25) is 14.4 Å². The molecule has 0 radical (unpaired) electrons. The second kappa shape index (κ2) is 5.55. The van der Waals surface area contributed by atoms with Crippen molar-refractivity contribution in [3.05, 3.63) is 29.8 Å². The molecule has 1 aromatic rings. The first-order valence-electron chi connectivity index (χ1n) is 7.11. The summed E-state index contributed by atoms with van der Waals surface area (Å²) in [4.78, 5) is 38.8. The SMILES string of the molecule is O=C1CN(C(=O)c2cccc(N3CCCC3=O)c2)CCN1. The van der Waals surface area contributed by atoms with Crippen LogP contribution in [0.5, 0.6) is 0 Å². The molecule has 0 aromatic heterocycles. The Bertz CT molecular complexity index is 600. The molecule has 1 aromatic carbocycles. The minimum atomic E-state index is -0.168. The van der Waals surface area contributed by atoms with Crippen LogP contribution in [0.3, 0.4) is 0 Å². The lowest BCUT2D eigenvalue weighted by Crippen LogP contribution is -2.50. The summed E-state index contributed by atoms with van der Waals surface area (Å²) in [6.07, 6.45) is 1.41. The molecule has 110 valence electrons. The van der Waals surface area contributed by atoms with Crippen LogP contribution in [0, 0.1) is 0 Å². The predicted octanol–water partition coefficient (Wildman–Crippen LogP) is 0.385. The van der Waals surface area contributed by atoms with Crippen LogP contribution in [0.15, 0.2) is 24.3 Å². The standard InChI is InChI=1S/C15H17N3O3/c19-13-10-17(8-6-16-13)15(21)11-3-1-4-12(9-11)18-7-2-5-14(18)20/h1,3-4,9H,2,5-8,10H2,(H,16,19). The van der Waals surface area contributed by atoms with E-state index in [0.29, 0.717) is 31.6 Å². The zero-order chi connectivity index (χ0) is 14.8. The van der Waals surface area contributed by atoms with Crippen molar-refractivity contribution < 1.29 is 14.4 Å². The van der Waals surface area contributed by atoms with Crippen molar-refractivity contribution in [3.63, 3.8) is 0 Å². The van der Waals surface area contributed by atoms with Gasteiger partial charge in [0.25, 0.3) is 5.91 Å². The molecule has 0 saturated carbocycles. The highest BCUT2D eigenvalue weighted by Crippen LogP contribution is 2.22. The lowest BCUT2D eigenvalue weighted by molar-refractivity contribution is -0.123. The number of piperazine rings is 1. The second-order valence-electron chi connectivity index (χ2n) is 5.28. The van der Waals surface area contributed by atoms with E-state index in [1.54, 1.807) is 23.1 Å². The maximum atomic E-state index is 12.4. The zero-order valence-electron chi connectivity index (χ0n) is 11.7. The number of rotatable bonds is 2. The zero-order valence-corrected chi connectivity index (χ0v) is 11.7. The first-order chi connectivity index (χ1) is 10.1. The first kappa shape index (κ1) is 13.6. The first-order valence-corrected chi connectivity index (χ1v) is 7.11. The Morgan fingerprint density at radius 2 is 2.05 bits per heavy atom. The maximum absolute atomic E-state index is 12.4. The van der Waals surface area contributed by atoms with Crippen LogP contribution in [0.4, 0.5) is 5.69 Å². The Kier molecular flexibility index (Phi) is 3.60. The fraction of sp³-hybridized carbons (Fsp3) is 0.400. The lowest BCUT2D eigenvalue weighted by Gasteiger charge is -2.27. The van der Waals surface area contributed by atoms with E-state index in [0.717, 1.165) is 12.1 Å². The fourth-order valence-corrected chi connectivity index (χ4v) is 2.72. The van der Waals surface area contributed by atoms with Gasteiger partial charge in [-0.15, -0.1) is 0 Å². The molecule has 3 amide bonds. The monoisotopic (exact) mass is 287 g/mol. The highest BCUT2D eigenvalue weighted by atomic mass is 16.2. The maximum Gasteiger partial charge on any atom is 0.254 e. The molecule has 2 heterocycles. The number of hydrogen-bond acceptors (Lipinski definition) is 3. The van der Waals surface area contributed by atoms with E-state index in [4.69, 9.17) is 0 Å². The predicted molar refractivity (Wildman–Crippen MR) is 76.9 cm³/mol. The molecule has 6 heteroatoms. The highest BCUT2D eigenvalue weighted by molar-refractivity contribution is 6.00. The summed E-state index contributed by atoms with van der Waals surface area (Å²) in [7, 11) is 0. The number of anilines is 1. The third-order valence-electron chi connectivity index (χ3n) is 3.80. The summed E-state index contributed by atoms with van der Waals surface area (Å²) >= 11 is 0. The van der Waals surface area contributed by atoms with Crippen LogP contribution in [-0.4, -0.2) is 48.8 Å². The van der Waals surface area contributed by atoms with Gasteiger partial charge >= 0.3 is 0 Å². The number of carbonyl (C=O) groups excluding carboxylic acids is 3. The van der Waals surface area contributed by atoms with Crippen molar-refractivity contribution in [2.24, 2.45) is 0 Å². The van der Waals surface area contributed by atoms with Crippen molar-refractivity contribution in [2.45, 2.75) is 12.8 Å². The number of nitrogens with one attached hydrogen (secondary N) is 1. The fourth-order valence-electron chi connectivity index (χ4n) is 2.72. The van der Waals surface area contributed by atoms with E-state index in [2.05, 4.69) is 5.32 Å². The summed E-state index contributed by atoms with van der Waals surface area (Å²) in [5.74, 6) is -0.212. The Labute approximate surface area is 122 Å². The highest BCUT2D eigenvalue weighted by Gasteiger charge is 2.25. The van der Waals surface area contributed by atoms with Crippen LogP contribution in [0.1, 0.15) is 23.2 Å². The minimum Gasteiger partial charge on any atom is -0.353 e. The third kappa shape index (κ3) is 2.74. The molecule has 6 nitrogen and oxygen atoms in total. The second-order valence-corrected chi connectivity index (χ2v) is 5.28. The van der Waals surface area contributed by atoms with Gasteiger partial charge < -0.3 is 15.1 Å². The molecule has 0 bridgehead atoms. The van der Waals surface area contributed by atoms with E-state index >= 15 is 0 Å². The molecule has 0 unspecified atom stereocenters. The van der Waals surface area contributed by atoms with Crippen molar-refractivity contribution >= 4 is 23.4 Å². The van der Waals surface area contributed by atoms with Gasteiger partial charge in [0.05, 0.1) is 6.54 Å². The van der Waals surface area contributed by atoms with Crippen LogP contribution in [-0.2, 0) is 9.59 Å². The van der Waals surface area contributed by atoms with Crippen molar-refractivity contribution in [2.75, 3.05) is 31.1 Å². The summed E-state index contributed by atoms with van der Waals surface area (Å²) in [6.45, 7) is 1.78. The average molecular weight is 287 g/mol. The summed E-state index contributed by atoms with van der Waals surface area (Å²) in [5, 5.41) is 2.69. The lowest BCUT2D eigenvalue weighted by atomic mass is 10.1. The Balaban J connectivity index is 1.80. The van der Waals surface area contributed by atoms with E-state index in [1.165, 1.54) is 4.90 Å². The third-order valence-corrected chi connectivity index (χ3v) is 3.80. The summed E-state index contributed by atoms with van der Waals surface area (Å²) in [6, 6.07) is 7.07. The van der Waals surface area contributed by atoms with Gasteiger partial charge in [0, 0.05) is 37.3 Å². The summed E-state index contributed by atoms with van der Waals surface area (Å²) in [5.41, 5.74) is 1.27. The number of nitrogens with zero attached hydrogens (tertiary/aromatic N) is 2. The molecule has 2 fully saturated rings. The summed E-state index contributed by atoms with van der Waals surface area (Å²) < 4.78 is 0. The van der Waals surface area contributed by atoms with E-state index in [9.17, 15) is 14.4 Å². The normalized spacial score (nSPS) is 18.9. The molecule has 0 atom stereocenters. The average Bonchev–Trinajstić information content (AvgIpc) is 2.93. The van der Waals surface area contributed by atoms with Gasteiger partial charge in [-0.1, -0.05) is 6.07 Å². The van der Waals surface area contributed by atoms with Crippen molar-refractivity contribution in [1.29, 1.82) is 0 Å². The molecular formula is C15H17N3O3. The topological polar surface area (TPSA) is 69.7 Å².